The predicted molar refractivity (Wildman–Crippen MR) is 69.3 cm³/mol. The van der Waals surface area contributed by atoms with Crippen LogP contribution in [0.1, 0.15) is 36.5 Å². The number of hydrogen-bond donors (Lipinski definition) is 1. The van der Waals surface area contributed by atoms with Gasteiger partial charge in [0.1, 0.15) is 0 Å². The Balaban J connectivity index is 1.86. The molecule has 0 aromatic heterocycles. The lowest BCUT2D eigenvalue weighted by atomic mass is 10.0. The maximum atomic E-state index is 9.85. The van der Waals surface area contributed by atoms with Gasteiger partial charge in [0.15, 0.2) is 0 Å². The van der Waals surface area contributed by atoms with Gasteiger partial charge in [-0.05, 0) is 42.4 Å². The quantitative estimate of drug-likeness (QED) is 0.766. The molecular formula is C15H22O2. The molecule has 1 unspecified atom stereocenters. The Morgan fingerprint density at radius 1 is 1.29 bits per heavy atom. The summed E-state index contributed by atoms with van der Waals surface area (Å²) in [6.07, 6.45) is 5.04. The van der Waals surface area contributed by atoms with Crippen molar-refractivity contribution in [1.82, 2.24) is 0 Å². The van der Waals surface area contributed by atoms with Gasteiger partial charge >= 0.3 is 0 Å². The zero-order valence-corrected chi connectivity index (χ0v) is 10.6. The topological polar surface area (TPSA) is 29.5 Å². The summed E-state index contributed by atoms with van der Waals surface area (Å²) in [5.74, 6) is 0. The van der Waals surface area contributed by atoms with Gasteiger partial charge in [-0.2, -0.15) is 0 Å². The number of benzene rings is 1. The second-order valence-corrected chi connectivity index (χ2v) is 4.89. The largest absolute Gasteiger partial charge is 0.390 e. The highest BCUT2D eigenvalue weighted by molar-refractivity contribution is 5.35. The predicted octanol–water partition coefficient (Wildman–Crippen LogP) is 2.51. The first kappa shape index (κ1) is 12.6. The first-order chi connectivity index (χ1) is 8.29. The molecule has 1 aromatic rings. The van der Waals surface area contributed by atoms with Crippen LogP contribution in [0.3, 0.4) is 0 Å². The first-order valence-corrected chi connectivity index (χ1v) is 6.66. The molecule has 0 fully saturated rings. The molecule has 94 valence electrons. The van der Waals surface area contributed by atoms with Crippen LogP contribution in [0.2, 0.25) is 0 Å². The van der Waals surface area contributed by atoms with E-state index in [0.29, 0.717) is 13.0 Å². The number of rotatable bonds is 6. The van der Waals surface area contributed by atoms with Gasteiger partial charge in [-0.25, -0.2) is 0 Å². The Kier molecular flexibility index (Phi) is 4.57. The maximum Gasteiger partial charge on any atom is 0.0813 e. The molecule has 1 atom stereocenters. The van der Waals surface area contributed by atoms with E-state index >= 15 is 0 Å². The molecule has 0 saturated heterocycles. The van der Waals surface area contributed by atoms with E-state index in [1.807, 2.05) is 0 Å². The van der Waals surface area contributed by atoms with Crippen molar-refractivity contribution in [3.8, 4) is 0 Å². The van der Waals surface area contributed by atoms with E-state index in [0.717, 1.165) is 13.0 Å². The lowest BCUT2D eigenvalue weighted by Crippen LogP contribution is -2.18. The fraction of sp³-hybridized carbons (Fsp3) is 0.600. The summed E-state index contributed by atoms with van der Waals surface area (Å²) in [5, 5.41) is 9.85. The van der Waals surface area contributed by atoms with Crippen molar-refractivity contribution in [3.63, 3.8) is 0 Å². The minimum absolute atomic E-state index is 0.374. The third-order valence-corrected chi connectivity index (χ3v) is 3.29. The van der Waals surface area contributed by atoms with E-state index in [2.05, 4.69) is 25.1 Å². The second kappa shape index (κ2) is 6.18. The molecule has 1 aromatic carbocycles. The fourth-order valence-corrected chi connectivity index (χ4v) is 2.45. The smallest absolute Gasteiger partial charge is 0.0813 e. The van der Waals surface area contributed by atoms with Crippen molar-refractivity contribution < 1.29 is 9.84 Å². The summed E-state index contributed by atoms with van der Waals surface area (Å²) in [6, 6.07) is 6.62. The third kappa shape index (κ3) is 3.55. The molecule has 17 heavy (non-hydrogen) atoms. The van der Waals surface area contributed by atoms with Gasteiger partial charge in [-0.15, -0.1) is 0 Å². The van der Waals surface area contributed by atoms with E-state index in [9.17, 15) is 5.11 Å². The number of ether oxygens (including phenoxy) is 1. The SMILES string of the molecule is CCCOCC(O)Cc1ccc2c(c1)CCC2. The fourth-order valence-electron chi connectivity index (χ4n) is 2.45. The average molecular weight is 234 g/mol. The van der Waals surface area contributed by atoms with E-state index < -0.39 is 0 Å². The monoisotopic (exact) mass is 234 g/mol. The molecule has 1 aliphatic carbocycles. The van der Waals surface area contributed by atoms with Crippen LogP contribution < -0.4 is 0 Å². The molecule has 0 heterocycles. The zero-order valence-electron chi connectivity index (χ0n) is 10.6. The van der Waals surface area contributed by atoms with Crippen LogP contribution in [0.5, 0.6) is 0 Å². The van der Waals surface area contributed by atoms with Crippen molar-refractivity contribution in [3.05, 3.63) is 34.9 Å². The van der Waals surface area contributed by atoms with Crippen LogP contribution in [-0.4, -0.2) is 24.4 Å². The van der Waals surface area contributed by atoms with Crippen LogP contribution >= 0.6 is 0 Å². The summed E-state index contributed by atoms with van der Waals surface area (Å²) in [4.78, 5) is 0. The van der Waals surface area contributed by atoms with Crippen LogP contribution in [0.25, 0.3) is 0 Å². The highest BCUT2D eigenvalue weighted by atomic mass is 16.5. The Bertz CT molecular complexity index is 360. The molecule has 0 radical (unpaired) electrons. The molecule has 0 bridgehead atoms. The molecule has 1 N–H and O–H groups in total. The van der Waals surface area contributed by atoms with Crippen molar-refractivity contribution in [2.24, 2.45) is 0 Å². The van der Waals surface area contributed by atoms with Crippen LogP contribution in [-0.2, 0) is 24.0 Å². The van der Waals surface area contributed by atoms with Gasteiger partial charge in [0.25, 0.3) is 0 Å². The Hall–Kier alpha value is -0.860. The van der Waals surface area contributed by atoms with E-state index in [4.69, 9.17) is 4.74 Å². The van der Waals surface area contributed by atoms with Crippen molar-refractivity contribution in [1.29, 1.82) is 0 Å². The molecule has 1 aliphatic rings. The summed E-state index contributed by atoms with van der Waals surface area (Å²) in [7, 11) is 0. The van der Waals surface area contributed by atoms with Gasteiger partial charge in [-0.1, -0.05) is 25.1 Å². The number of aliphatic hydroxyl groups is 1. The summed E-state index contributed by atoms with van der Waals surface area (Å²) in [6.45, 7) is 3.26. The van der Waals surface area contributed by atoms with E-state index in [1.54, 1.807) is 0 Å². The first-order valence-electron chi connectivity index (χ1n) is 6.66. The van der Waals surface area contributed by atoms with Crippen LogP contribution in [0.15, 0.2) is 18.2 Å². The highest BCUT2D eigenvalue weighted by Gasteiger charge is 2.12. The molecule has 2 rings (SSSR count). The minimum atomic E-state index is -0.374. The van der Waals surface area contributed by atoms with Gasteiger partial charge in [0.2, 0.25) is 0 Å². The summed E-state index contributed by atoms with van der Waals surface area (Å²) < 4.78 is 5.36. The number of fused-ring (bicyclic) bond motifs is 1. The highest BCUT2D eigenvalue weighted by Crippen LogP contribution is 2.23. The molecule has 0 saturated carbocycles. The number of hydrogen-bond acceptors (Lipinski definition) is 2. The minimum Gasteiger partial charge on any atom is -0.390 e. The zero-order chi connectivity index (χ0) is 12.1. The lowest BCUT2D eigenvalue weighted by molar-refractivity contribution is 0.0374. The second-order valence-electron chi connectivity index (χ2n) is 4.89. The lowest BCUT2D eigenvalue weighted by Gasteiger charge is -2.12. The molecule has 2 nitrogen and oxygen atoms in total. The van der Waals surface area contributed by atoms with E-state index in [-0.39, 0.29) is 6.10 Å². The summed E-state index contributed by atoms with van der Waals surface area (Å²) >= 11 is 0. The normalized spacial score (nSPS) is 15.9. The number of aliphatic hydroxyl groups excluding tert-OH is 1. The van der Waals surface area contributed by atoms with Gasteiger partial charge in [0.05, 0.1) is 12.7 Å². The van der Waals surface area contributed by atoms with E-state index in [1.165, 1.54) is 36.0 Å². The Labute approximate surface area is 104 Å². The molecular weight excluding hydrogens is 212 g/mol. The average Bonchev–Trinajstić information content (AvgIpc) is 2.76. The molecule has 0 aliphatic heterocycles. The Morgan fingerprint density at radius 3 is 2.94 bits per heavy atom. The van der Waals surface area contributed by atoms with Crippen LogP contribution in [0.4, 0.5) is 0 Å². The molecule has 2 heteroatoms. The van der Waals surface area contributed by atoms with Gasteiger partial charge < -0.3 is 9.84 Å². The summed E-state index contributed by atoms with van der Waals surface area (Å²) in [5.41, 5.74) is 4.20. The van der Waals surface area contributed by atoms with Crippen LogP contribution in [0, 0.1) is 0 Å². The standard InChI is InChI=1S/C15H22O2/c1-2-8-17-11-15(16)10-12-6-7-13-4-3-5-14(13)9-12/h6-7,9,15-16H,2-5,8,10-11H2,1H3. The van der Waals surface area contributed by atoms with Crippen molar-refractivity contribution in [2.75, 3.05) is 13.2 Å². The van der Waals surface area contributed by atoms with Gasteiger partial charge in [0, 0.05) is 13.0 Å². The van der Waals surface area contributed by atoms with Crippen molar-refractivity contribution >= 4 is 0 Å². The molecule has 0 amide bonds. The molecule has 0 spiro atoms. The van der Waals surface area contributed by atoms with Gasteiger partial charge in [-0.3, -0.25) is 0 Å². The van der Waals surface area contributed by atoms with Crippen molar-refractivity contribution in [2.45, 2.75) is 45.1 Å². The Morgan fingerprint density at radius 2 is 2.12 bits per heavy atom. The number of aryl methyl sites for hydroxylation is 2. The third-order valence-electron chi connectivity index (χ3n) is 3.29. The maximum absolute atomic E-state index is 9.85.